The molecule has 0 bridgehead atoms. The van der Waals surface area contributed by atoms with Gasteiger partial charge in [-0.2, -0.15) is 0 Å². The molecule has 9 heavy (non-hydrogen) atoms. The SMILES string of the molecule is CC1=CCC(C)C=C1.I. The summed E-state index contributed by atoms with van der Waals surface area (Å²) in [6, 6.07) is 0. The monoisotopic (exact) mass is 236 g/mol. The highest BCUT2D eigenvalue weighted by Crippen LogP contribution is 2.13. The minimum atomic E-state index is 0. The molecule has 0 N–H and O–H groups in total. The van der Waals surface area contributed by atoms with Crippen LogP contribution in [0, 0.1) is 5.92 Å². The molecule has 0 aromatic heterocycles. The van der Waals surface area contributed by atoms with Crippen molar-refractivity contribution in [3.63, 3.8) is 0 Å². The first-order valence-electron chi connectivity index (χ1n) is 3.14. The topological polar surface area (TPSA) is 0 Å². The maximum atomic E-state index is 2.28. The van der Waals surface area contributed by atoms with Crippen LogP contribution in [0.2, 0.25) is 0 Å². The van der Waals surface area contributed by atoms with Crippen molar-refractivity contribution in [2.45, 2.75) is 20.3 Å². The average Bonchev–Trinajstić information content (AvgIpc) is 1.77. The van der Waals surface area contributed by atoms with Crippen LogP contribution in [0.5, 0.6) is 0 Å². The Balaban J connectivity index is 0.000000640. The van der Waals surface area contributed by atoms with Crippen LogP contribution in [0.1, 0.15) is 20.3 Å². The number of halogens is 1. The Morgan fingerprint density at radius 1 is 1.56 bits per heavy atom. The Labute approximate surface area is 74.1 Å². The van der Waals surface area contributed by atoms with Gasteiger partial charge in [-0.15, -0.1) is 24.0 Å². The lowest BCUT2D eigenvalue weighted by atomic mass is 10.00. The Hall–Kier alpha value is 0.210. The molecule has 0 nitrogen and oxygen atoms in total. The first-order valence-corrected chi connectivity index (χ1v) is 3.14. The van der Waals surface area contributed by atoms with Crippen molar-refractivity contribution in [2.24, 2.45) is 5.92 Å². The molecule has 1 rings (SSSR count). The van der Waals surface area contributed by atoms with E-state index in [1.165, 1.54) is 12.0 Å². The number of rotatable bonds is 0. The summed E-state index contributed by atoms with van der Waals surface area (Å²) in [4.78, 5) is 0. The smallest absolute Gasteiger partial charge is 0.0224 e. The fourth-order valence-corrected chi connectivity index (χ4v) is 0.834. The van der Waals surface area contributed by atoms with Crippen LogP contribution in [-0.4, -0.2) is 0 Å². The normalized spacial score (nSPS) is 24.7. The summed E-state index contributed by atoms with van der Waals surface area (Å²) in [5.74, 6) is 0.763. The Morgan fingerprint density at radius 2 is 2.22 bits per heavy atom. The van der Waals surface area contributed by atoms with E-state index in [-0.39, 0.29) is 24.0 Å². The summed E-state index contributed by atoms with van der Waals surface area (Å²) in [6.07, 6.45) is 7.95. The summed E-state index contributed by atoms with van der Waals surface area (Å²) in [5, 5.41) is 0. The van der Waals surface area contributed by atoms with Crippen LogP contribution in [-0.2, 0) is 0 Å². The molecule has 0 aromatic carbocycles. The summed E-state index contributed by atoms with van der Waals surface area (Å²) in [5.41, 5.74) is 1.41. The molecular weight excluding hydrogens is 223 g/mol. The molecule has 0 aliphatic heterocycles. The predicted molar refractivity (Wildman–Crippen MR) is 52.1 cm³/mol. The van der Waals surface area contributed by atoms with Gasteiger partial charge in [0.25, 0.3) is 0 Å². The quantitative estimate of drug-likeness (QED) is 0.567. The predicted octanol–water partition coefficient (Wildman–Crippen LogP) is 3.15. The number of hydrogen-bond donors (Lipinski definition) is 0. The van der Waals surface area contributed by atoms with Crippen molar-refractivity contribution in [1.29, 1.82) is 0 Å². The third-order valence-electron chi connectivity index (χ3n) is 1.50. The van der Waals surface area contributed by atoms with Crippen molar-refractivity contribution in [2.75, 3.05) is 0 Å². The zero-order valence-electron chi connectivity index (χ0n) is 5.92. The van der Waals surface area contributed by atoms with E-state index in [9.17, 15) is 0 Å². The zero-order valence-corrected chi connectivity index (χ0v) is 8.26. The molecule has 1 atom stereocenters. The Kier molecular flexibility index (Phi) is 4.19. The fourth-order valence-electron chi connectivity index (χ4n) is 0.834. The van der Waals surface area contributed by atoms with Gasteiger partial charge in [-0.1, -0.05) is 30.7 Å². The molecule has 0 saturated heterocycles. The van der Waals surface area contributed by atoms with Crippen molar-refractivity contribution in [3.05, 3.63) is 23.8 Å². The molecule has 0 amide bonds. The summed E-state index contributed by atoms with van der Waals surface area (Å²) >= 11 is 0. The molecule has 1 unspecified atom stereocenters. The van der Waals surface area contributed by atoms with Crippen molar-refractivity contribution < 1.29 is 0 Å². The highest BCUT2D eigenvalue weighted by atomic mass is 127. The molecule has 0 radical (unpaired) electrons. The summed E-state index contributed by atoms with van der Waals surface area (Å²) in [6.45, 7) is 4.38. The fraction of sp³-hybridized carbons (Fsp3) is 0.500. The second-order valence-electron chi connectivity index (χ2n) is 2.52. The zero-order chi connectivity index (χ0) is 5.98. The van der Waals surface area contributed by atoms with Gasteiger partial charge in [0.2, 0.25) is 0 Å². The van der Waals surface area contributed by atoms with Crippen molar-refractivity contribution in [3.8, 4) is 0 Å². The summed E-state index contributed by atoms with van der Waals surface area (Å²) < 4.78 is 0. The van der Waals surface area contributed by atoms with E-state index in [0.29, 0.717) is 0 Å². The van der Waals surface area contributed by atoms with Gasteiger partial charge in [0, 0.05) is 0 Å². The lowest BCUT2D eigenvalue weighted by Gasteiger charge is -2.06. The average molecular weight is 236 g/mol. The lowest BCUT2D eigenvalue weighted by molar-refractivity contribution is 0.731. The molecule has 52 valence electrons. The van der Waals surface area contributed by atoms with Gasteiger partial charge in [-0.3, -0.25) is 0 Å². The molecule has 0 aromatic rings. The largest absolute Gasteiger partial charge is 0.107 e. The lowest BCUT2D eigenvalue weighted by Crippen LogP contribution is -1.91. The van der Waals surface area contributed by atoms with Crippen LogP contribution in [0.3, 0.4) is 0 Å². The maximum absolute atomic E-state index is 2.28. The van der Waals surface area contributed by atoms with E-state index in [1.54, 1.807) is 0 Å². The van der Waals surface area contributed by atoms with Gasteiger partial charge in [0.05, 0.1) is 0 Å². The van der Waals surface area contributed by atoms with Gasteiger partial charge in [0.1, 0.15) is 0 Å². The maximum Gasteiger partial charge on any atom is -0.0224 e. The first-order chi connectivity index (χ1) is 3.79. The second kappa shape index (κ2) is 4.09. The van der Waals surface area contributed by atoms with E-state index in [2.05, 4.69) is 32.1 Å². The minimum absolute atomic E-state index is 0. The Bertz CT molecular complexity index is 134. The first kappa shape index (κ1) is 9.21. The van der Waals surface area contributed by atoms with Gasteiger partial charge in [-0.05, 0) is 19.3 Å². The molecule has 0 saturated carbocycles. The highest BCUT2D eigenvalue weighted by Gasteiger charge is 1.97. The van der Waals surface area contributed by atoms with Gasteiger partial charge in [0.15, 0.2) is 0 Å². The number of allylic oxidation sites excluding steroid dienone is 4. The van der Waals surface area contributed by atoms with Crippen molar-refractivity contribution in [1.82, 2.24) is 0 Å². The molecule has 0 spiro atoms. The molecular formula is C8H13I. The summed E-state index contributed by atoms with van der Waals surface area (Å²) in [7, 11) is 0. The van der Waals surface area contributed by atoms with E-state index in [0.717, 1.165) is 5.92 Å². The van der Waals surface area contributed by atoms with E-state index < -0.39 is 0 Å². The van der Waals surface area contributed by atoms with Gasteiger partial charge < -0.3 is 0 Å². The third-order valence-corrected chi connectivity index (χ3v) is 1.50. The van der Waals surface area contributed by atoms with E-state index >= 15 is 0 Å². The molecule has 0 heterocycles. The molecule has 1 heteroatoms. The van der Waals surface area contributed by atoms with Gasteiger partial charge in [-0.25, -0.2) is 0 Å². The van der Waals surface area contributed by atoms with Crippen LogP contribution < -0.4 is 0 Å². The molecule has 1 aliphatic carbocycles. The third kappa shape index (κ3) is 3.04. The van der Waals surface area contributed by atoms with E-state index in [4.69, 9.17) is 0 Å². The van der Waals surface area contributed by atoms with E-state index in [1.807, 2.05) is 0 Å². The van der Waals surface area contributed by atoms with Crippen LogP contribution >= 0.6 is 24.0 Å². The molecule has 0 fully saturated rings. The highest BCUT2D eigenvalue weighted by molar-refractivity contribution is 14.0. The minimum Gasteiger partial charge on any atom is -0.107 e. The Morgan fingerprint density at radius 3 is 2.56 bits per heavy atom. The van der Waals surface area contributed by atoms with Crippen LogP contribution in [0.25, 0.3) is 0 Å². The molecule has 1 aliphatic rings. The van der Waals surface area contributed by atoms with Gasteiger partial charge >= 0.3 is 0 Å². The number of hydrogen-bond acceptors (Lipinski definition) is 0. The van der Waals surface area contributed by atoms with Crippen LogP contribution in [0.15, 0.2) is 23.8 Å². The standard InChI is InChI=1S/C8H12.HI/c1-7-3-5-8(2)6-4-7;/h3-5,8H,6H2,1-2H3;1H. The van der Waals surface area contributed by atoms with Crippen LogP contribution in [0.4, 0.5) is 0 Å². The van der Waals surface area contributed by atoms with Crippen molar-refractivity contribution >= 4 is 24.0 Å². The second-order valence-corrected chi connectivity index (χ2v) is 2.52.